The van der Waals surface area contributed by atoms with Crippen molar-refractivity contribution >= 4 is 5.96 Å². The average Bonchev–Trinajstić information content (AvgIpc) is 2.58. The van der Waals surface area contributed by atoms with Crippen LogP contribution < -0.4 is 5.32 Å². The van der Waals surface area contributed by atoms with Crippen LogP contribution in [-0.4, -0.2) is 65.7 Å². The number of hydrogen-bond acceptors (Lipinski definition) is 3. The molecular weight excluding hydrogens is 331 g/mol. The molecule has 1 aliphatic heterocycles. The van der Waals surface area contributed by atoms with Crippen LogP contribution in [0.3, 0.4) is 0 Å². The highest BCUT2D eigenvalue weighted by Crippen LogP contribution is 2.25. The van der Waals surface area contributed by atoms with Crippen molar-refractivity contribution in [3.8, 4) is 0 Å². The minimum absolute atomic E-state index is 0.369. The number of alkyl halides is 3. The molecule has 2 rings (SSSR count). The van der Waals surface area contributed by atoms with Crippen LogP contribution in [0.1, 0.15) is 25.1 Å². The molecule has 0 radical (unpaired) electrons. The number of aliphatic imine (C=N–C) groups is 1. The lowest BCUT2D eigenvalue weighted by Gasteiger charge is -2.39. The maximum atomic E-state index is 12.9. The van der Waals surface area contributed by atoms with E-state index in [4.69, 9.17) is 0 Å². The lowest BCUT2D eigenvalue weighted by Crippen LogP contribution is -2.56. The van der Waals surface area contributed by atoms with Gasteiger partial charge in [0.05, 0.1) is 12.2 Å². The fourth-order valence-electron chi connectivity index (χ4n) is 2.79. The van der Waals surface area contributed by atoms with Crippen molar-refractivity contribution in [3.05, 3.63) is 29.6 Å². The molecule has 0 spiro atoms. The smallest absolute Gasteiger partial charge is 0.357 e. The van der Waals surface area contributed by atoms with Gasteiger partial charge in [-0.1, -0.05) is 6.07 Å². The average molecular weight is 357 g/mol. The van der Waals surface area contributed by atoms with Gasteiger partial charge in [0.15, 0.2) is 5.96 Å². The lowest BCUT2D eigenvalue weighted by atomic mass is 10.2. The van der Waals surface area contributed by atoms with Crippen molar-refractivity contribution in [1.29, 1.82) is 0 Å². The zero-order valence-corrected chi connectivity index (χ0v) is 15.0. The Kier molecular flexibility index (Phi) is 6.64. The molecule has 0 aromatic carbocycles. The summed E-state index contributed by atoms with van der Waals surface area (Å²) in [5.41, 5.74) is 1.98. The number of aromatic nitrogens is 1. The van der Waals surface area contributed by atoms with Crippen molar-refractivity contribution in [3.63, 3.8) is 0 Å². The van der Waals surface area contributed by atoms with E-state index in [9.17, 15) is 13.2 Å². The van der Waals surface area contributed by atoms with Crippen LogP contribution in [0.25, 0.3) is 0 Å². The second kappa shape index (κ2) is 8.51. The largest absolute Gasteiger partial charge is 0.403 e. The molecule has 2 heterocycles. The number of aryl methyl sites for hydroxylation is 1. The third kappa shape index (κ3) is 5.32. The normalized spacial score (nSPS) is 18.3. The molecule has 1 unspecified atom stereocenters. The van der Waals surface area contributed by atoms with Gasteiger partial charge < -0.3 is 10.2 Å². The highest BCUT2D eigenvalue weighted by molar-refractivity contribution is 5.80. The minimum atomic E-state index is -4.18. The summed E-state index contributed by atoms with van der Waals surface area (Å²) >= 11 is 0. The van der Waals surface area contributed by atoms with Gasteiger partial charge in [0, 0.05) is 38.9 Å². The second-order valence-electron chi connectivity index (χ2n) is 6.18. The standard InChI is InChI=1S/C17H26F3N5/c1-4-21-16(23-12-15-13(2)6-5-7-22-15)25-10-8-24(9-11-25)14(3)17(18,19)20/h5-7,14H,4,8-12H2,1-3H3,(H,21,23). The van der Waals surface area contributed by atoms with Crippen molar-refractivity contribution in [2.75, 3.05) is 32.7 Å². The number of piperazine rings is 1. The van der Waals surface area contributed by atoms with Crippen LogP contribution in [0.5, 0.6) is 0 Å². The first kappa shape index (κ1) is 19.5. The van der Waals surface area contributed by atoms with Gasteiger partial charge in [-0.3, -0.25) is 9.88 Å². The number of nitrogens with one attached hydrogen (secondary N) is 1. The van der Waals surface area contributed by atoms with E-state index in [2.05, 4.69) is 15.3 Å². The fraction of sp³-hybridized carbons (Fsp3) is 0.647. The summed E-state index contributed by atoms with van der Waals surface area (Å²) in [7, 11) is 0. The van der Waals surface area contributed by atoms with Crippen LogP contribution in [0.2, 0.25) is 0 Å². The highest BCUT2D eigenvalue weighted by atomic mass is 19.4. The van der Waals surface area contributed by atoms with E-state index < -0.39 is 12.2 Å². The van der Waals surface area contributed by atoms with Crippen molar-refractivity contribution in [2.45, 2.75) is 39.5 Å². The van der Waals surface area contributed by atoms with Gasteiger partial charge in [0.2, 0.25) is 0 Å². The van der Waals surface area contributed by atoms with E-state index in [1.165, 1.54) is 11.8 Å². The number of guanidine groups is 1. The van der Waals surface area contributed by atoms with Crippen LogP contribution >= 0.6 is 0 Å². The molecule has 5 nitrogen and oxygen atoms in total. The zero-order valence-electron chi connectivity index (χ0n) is 15.0. The summed E-state index contributed by atoms with van der Waals surface area (Å²) in [6.07, 6.45) is -2.45. The minimum Gasteiger partial charge on any atom is -0.357 e. The Morgan fingerprint density at radius 1 is 1.32 bits per heavy atom. The Bertz CT molecular complexity index is 580. The molecule has 0 saturated carbocycles. The molecule has 1 N–H and O–H groups in total. The third-order valence-corrected chi connectivity index (χ3v) is 4.47. The Morgan fingerprint density at radius 3 is 2.56 bits per heavy atom. The lowest BCUT2D eigenvalue weighted by molar-refractivity contribution is -0.181. The van der Waals surface area contributed by atoms with Gasteiger partial charge in [0.25, 0.3) is 0 Å². The van der Waals surface area contributed by atoms with Crippen LogP contribution in [0.4, 0.5) is 13.2 Å². The molecular formula is C17H26F3N5. The Hall–Kier alpha value is -1.83. The molecule has 1 fully saturated rings. The first-order chi connectivity index (χ1) is 11.8. The summed E-state index contributed by atoms with van der Waals surface area (Å²) in [4.78, 5) is 12.4. The van der Waals surface area contributed by atoms with Crippen LogP contribution in [0.15, 0.2) is 23.3 Å². The van der Waals surface area contributed by atoms with E-state index in [0.29, 0.717) is 39.3 Å². The number of hydrogen-bond donors (Lipinski definition) is 1. The molecule has 1 saturated heterocycles. The van der Waals surface area contributed by atoms with E-state index >= 15 is 0 Å². The highest BCUT2D eigenvalue weighted by Gasteiger charge is 2.41. The molecule has 140 valence electrons. The third-order valence-electron chi connectivity index (χ3n) is 4.47. The van der Waals surface area contributed by atoms with Crippen LogP contribution in [0, 0.1) is 6.92 Å². The van der Waals surface area contributed by atoms with E-state index in [1.807, 2.05) is 30.9 Å². The quantitative estimate of drug-likeness (QED) is 0.664. The maximum Gasteiger partial charge on any atom is 0.403 e. The van der Waals surface area contributed by atoms with Crippen molar-refractivity contribution in [1.82, 2.24) is 20.1 Å². The molecule has 0 bridgehead atoms. The SMILES string of the molecule is CCNC(=NCc1ncccc1C)N1CCN(C(C)C(F)(F)F)CC1. The van der Waals surface area contributed by atoms with Gasteiger partial charge in [-0.15, -0.1) is 0 Å². The molecule has 25 heavy (non-hydrogen) atoms. The van der Waals surface area contributed by atoms with Gasteiger partial charge in [-0.25, -0.2) is 4.99 Å². The monoisotopic (exact) mass is 357 g/mol. The van der Waals surface area contributed by atoms with Crippen molar-refractivity contribution in [2.24, 2.45) is 4.99 Å². The molecule has 1 aromatic heterocycles. The summed E-state index contributed by atoms with van der Waals surface area (Å²) in [5, 5.41) is 3.22. The van der Waals surface area contributed by atoms with E-state index in [0.717, 1.165) is 17.2 Å². The molecule has 1 atom stereocenters. The van der Waals surface area contributed by atoms with Crippen LogP contribution in [-0.2, 0) is 6.54 Å². The topological polar surface area (TPSA) is 43.8 Å². The number of halogens is 3. The second-order valence-corrected chi connectivity index (χ2v) is 6.18. The number of pyridine rings is 1. The summed E-state index contributed by atoms with van der Waals surface area (Å²) in [6.45, 7) is 8.13. The molecule has 8 heteroatoms. The Labute approximate surface area is 146 Å². The Balaban J connectivity index is 2.00. The summed E-state index contributed by atoms with van der Waals surface area (Å²) in [6, 6.07) is 2.46. The van der Waals surface area contributed by atoms with Gasteiger partial charge >= 0.3 is 6.18 Å². The number of nitrogens with zero attached hydrogens (tertiary/aromatic N) is 4. The summed E-state index contributed by atoms with van der Waals surface area (Å²) < 4.78 is 38.6. The van der Waals surface area contributed by atoms with Gasteiger partial charge in [0.1, 0.15) is 6.04 Å². The first-order valence-electron chi connectivity index (χ1n) is 8.57. The fourth-order valence-corrected chi connectivity index (χ4v) is 2.79. The first-order valence-corrected chi connectivity index (χ1v) is 8.57. The predicted molar refractivity (Wildman–Crippen MR) is 92.5 cm³/mol. The van der Waals surface area contributed by atoms with Gasteiger partial charge in [-0.05, 0) is 32.4 Å². The van der Waals surface area contributed by atoms with E-state index in [1.54, 1.807) is 6.20 Å². The molecule has 0 aliphatic carbocycles. The zero-order chi connectivity index (χ0) is 18.4. The van der Waals surface area contributed by atoms with Crippen molar-refractivity contribution < 1.29 is 13.2 Å². The molecule has 0 amide bonds. The van der Waals surface area contributed by atoms with E-state index in [-0.39, 0.29) is 0 Å². The molecule has 1 aliphatic rings. The number of rotatable bonds is 4. The summed E-state index contributed by atoms with van der Waals surface area (Å²) in [5.74, 6) is 0.729. The Morgan fingerprint density at radius 2 is 2.00 bits per heavy atom. The predicted octanol–water partition coefficient (Wildman–Crippen LogP) is 2.42. The van der Waals surface area contributed by atoms with Gasteiger partial charge in [-0.2, -0.15) is 13.2 Å². The molecule has 1 aromatic rings. The maximum absolute atomic E-state index is 12.9.